The molecule has 0 unspecified atom stereocenters. The van der Waals surface area contributed by atoms with Crippen LogP contribution < -0.4 is 0 Å². The minimum Gasteiger partial charge on any atom is -0.318 e. The van der Waals surface area contributed by atoms with E-state index in [9.17, 15) is 4.57 Å². The van der Waals surface area contributed by atoms with Crippen LogP contribution in [0.4, 0.5) is 0 Å². The summed E-state index contributed by atoms with van der Waals surface area (Å²) < 4.78 is 14.4. The summed E-state index contributed by atoms with van der Waals surface area (Å²) in [6.07, 6.45) is 11.4. The van der Waals surface area contributed by atoms with Crippen LogP contribution in [0.2, 0.25) is 0 Å². The third-order valence-corrected chi connectivity index (χ3v) is 9.58. The van der Waals surface area contributed by atoms with Crippen molar-refractivity contribution < 1.29 is 4.57 Å². The minimum atomic E-state index is -2.52. The standard InChI is InChI=1S/C24H27OP/c25-26(19-18-20-10-4-1-5-11-20)23(21-12-6-2-7-13-21)16-17-24(26)22-14-8-3-9-15-22/h2-3,6-10,12-15,18-19,23-24H,1,4-5,11,16-17H2/b19-18+/t23-,24-/m1/s1. The third kappa shape index (κ3) is 3.51. The van der Waals surface area contributed by atoms with Gasteiger partial charge in [0.2, 0.25) is 0 Å². The van der Waals surface area contributed by atoms with Crippen molar-refractivity contribution in [1.29, 1.82) is 0 Å². The van der Waals surface area contributed by atoms with E-state index in [-0.39, 0.29) is 11.3 Å². The Kier molecular flexibility index (Phi) is 5.27. The van der Waals surface area contributed by atoms with Crippen molar-refractivity contribution in [1.82, 2.24) is 0 Å². The maximum atomic E-state index is 14.4. The smallest absolute Gasteiger partial charge is 0.123 e. The highest BCUT2D eigenvalue weighted by Gasteiger charge is 2.45. The molecular weight excluding hydrogens is 335 g/mol. The first kappa shape index (κ1) is 17.6. The zero-order valence-corrected chi connectivity index (χ0v) is 16.2. The molecule has 0 radical (unpaired) electrons. The maximum absolute atomic E-state index is 14.4. The summed E-state index contributed by atoms with van der Waals surface area (Å²) in [6, 6.07) is 21.0. The van der Waals surface area contributed by atoms with E-state index in [1.807, 2.05) is 12.1 Å². The number of hydrogen-bond acceptors (Lipinski definition) is 1. The summed E-state index contributed by atoms with van der Waals surface area (Å²) in [5.74, 6) is 2.12. The first-order chi connectivity index (χ1) is 12.8. The molecule has 4 rings (SSSR count). The lowest BCUT2D eigenvalue weighted by molar-refractivity contribution is 0.573. The lowest BCUT2D eigenvalue weighted by Gasteiger charge is -2.24. The molecule has 1 heterocycles. The fourth-order valence-corrected chi connectivity index (χ4v) is 8.18. The molecule has 2 aromatic rings. The fraction of sp³-hybridized carbons (Fsp3) is 0.333. The molecule has 1 nitrogen and oxygen atoms in total. The van der Waals surface area contributed by atoms with E-state index in [0.29, 0.717) is 0 Å². The first-order valence-electron chi connectivity index (χ1n) is 9.84. The van der Waals surface area contributed by atoms with Gasteiger partial charge in [-0.3, -0.25) is 0 Å². The highest BCUT2D eigenvalue weighted by Crippen LogP contribution is 2.77. The number of hydrogen-bond donors (Lipinski definition) is 0. The van der Waals surface area contributed by atoms with Gasteiger partial charge < -0.3 is 4.57 Å². The Labute approximate surface area is 157 Å². The Morgan fingerprint density at radius 2 is 1.38 bits per heavy atom. The van der Waals surface area contributed by atoms with Gasteiger partial charge in [-0.2, -0.15) is 0 Å². The SMILES string of the molecule is O=P1(/C=C/C2=CCCCC2)[C@@H](c2ccccc2)CC[C@@H]1c1ccccc1. The molecule has 2 heteroatoms. The molecule has 0 spiro atoms. The predicted octanol–water partition coefficient (Wildman–Crippen LogP) is 7.64. The zero-order valence-electron chi connectivity index (χ0n) is 15.3. The second-order valence-electron chi connectivity index (χ2n) is 7.53. The van der Waals surface area contributed by atoms with Gasteiger partial charge in [0.1, 0.15) is 7.14 Å². The van der Waals surface area contributed by atoms with Crippen molar-refractivity contribution in [2.45, 2.75) is 49.8 Å². The Hall–Kier alpha value is -1.85. The highest BCUT2D eigenvalue weighted by atomic mass is 31.2. The molecule has 0 N–H and O–H groups in total. The van der Waals surface area contributed by atoms with Crippen molar-refractivity contribution >= 4 is 7.14 Å². The number of rotatable bonds is 4. The largest absolute Gasteiger partial charge is 0.318 e. The Morgan fingerprint density at radius 3 is 1.88 bits per heavy atom. The molecular formula is C24H27OP. The quantitative estimate of drug-likeness (QED) is 0.511. The molecule has 1 aliphatic heterocycles. The first-order valence-corrected chi connectivity index (χ1v) is 11.8. The van der Waals surface area contributed by atoms with Crippen LogP contribution in [0.1, 0.15) is 61.0 Å². The molecule has 0 aromatic heterocycles. The monoisotopic (exact) mass is 362 g/mol. The van der Waals surface area contributed by atoms with Gasteiger partial charge in [-0.05, 0) is 55.5 Å². The van der Waals surface area contributed by atoms with Gasteiger partial charge in [-0.1, -0.05) is 78.4 Å². The Balaban J connectivity index is 1.72. The molecule has 0 saturated carbocycles. The van der Waals surface area contributed by atoms with Crippen LogP contribution in [-0.2, 0) is 4.57 Å². The van der Waals surface area contributed by atoms with Gasteiger partial charge in [-0.15, -0.1) is 0 Å². The van der Waals surface area contributed by atoms with Gasteiger partial charge in [0.25, 0.3) is 0 Å². The van der Waals surface area contributed by atoms with Gasteiger partial charge in [0, 0.05) is 11.3 Å². The van der Waals surface area contributed by atoms with Crippen LogP contribution in [0.5, 0.6) is 0 Å². The number of benzene rings is 2. The third-order valence-electron chi connectivity index (χ3n) is 5.90. The van der Waals surface area contributed by atoms with E-state index in [0.717, 1.165) is 25.7 Å². The number of allylic oxidation sites excluding steroid dienone is 3. The van der Waals surface area contributed by atoms with E-state index in [1.165, 1.54) is 29.5 Å². The fourth-order valence-electron chi connectivity index (χ4n) is 4.52. The van der Waals surface area contributed by atoms with Gasteiger partial charge in [0.15, 0.2) is 0 Å². The van der Waals surface area contributed by atoms with Crippen LogP contribution in [-0.4, -0.2) is 0 Å². The predicted molar refractivity (Wildman–Crippen MR) is 111 cm³/mol. The van der Waals surface area contributed by atoms with Crippen LogP contribution >= 0.6 is 7.14 Å². The van der Waals surface area contributed by atoms with E-state index < -0.39 is 7.14 Å². The lowest BCUT2D eigenvalue weighted by atomic mass is 10.00. The second kappa shape index (κ2) is 7.80. The van der Waals surface area contributed by atoms with Gasteiger partial charge in [-0.25, -0.2) is 0 Å². The van der Waals surface area contributed by atoms with E-state index in [2.05, 4.69) is 66.5 Å². The zero-order chi connectivity index (χ0) is 17.8. The molecule has 0 amide bonds. The summed E-state index contributed by atoms with van der Waals surface area (Å²) in [5.41, 5.74) is 4.13. The summed E-state index contributed by atoms with van der Waals surface area (Å²) in [5, 5.41) is 0. The van der Waals surface area contributed by atoms with Crippen molar-refractivity contribution in [3.8, 4) is 0 Å². The van der Waals surface area contributed by atoms with E-state index in [4.69, 9.17) is 0 Å². The molecule has 1 fully saturated rings. The van der Waals surface area contributed by atoms with Crippen LogP contribution in [0.3, 0.4) is 0 Å². The van der Waals surface area contributed by atoms with Crippen molar-refractivity contribution in [2.75, 3.05) is 0 Å². The molecule has 134 valence electrons. The normalized spacial score (nSPS) is 25.3. The van der Waals surface area contributed by atoms with Crippen LogP contribution in [0.15, 0.2) is 84.2 Å². The molecule has 1 aliphatic carbocycles. The van der Waals surface area contributed by atoms with Crippen LogP contribution in [0, 0.1) is 0 Å². The average Bonchev–Trinajstić information content (AvgIpc) is 3.06. The Bertz CT molecular complexity index is 784. The van der Waals surface area contributed by atoms with E-state index >= 15 is 0 Å². The highest BCUT2D eigenvalue weighted by molar-refractivity contribution is 7.68. The Morgan fingerprint density at radius 1 is 0.808 bits per heavy atom. The van der Waals surface area contributed by atoms with Gasteiger partial charge >= 0.3 is 0 Å². The topological polar surface area (TPSA) is 17.1 Å². The molecule has 2 aliphatic rings. The van der Waals surface area contributed by atoms with Crippen molar-refractivity contribution in [3.05, 3.63) is 95.3 Å². The van der Waals surface area contributed by atoms with E-state index in [1.54, 1.807) is 0 Å². The summed E-state index contributed by atoms with van der Waals surface area (Å²) >= 11 is 0. The second-order valence-corrected chi connectivity index (χ2v) is 10.6. The maximum Gasteiger partial charge on any atom is 0.123 e. The average molecular weight is 362 g/mol. The molecule has 26 heavy (non-hydrogen) atoms. The molecule has 0 bridgehead atoms. The van der Waals surface area contributed by atoms with Gasteiger partial charge in [0.05, 0.1) is 0 Å². The van der Waals surface area contributed by atoms with Crippen molar-refractivity contribution in [3.63, 3.8) is 0 Å². The summed E-state index contributed by atoms with van der Waals surface area (Å²) in [4.78, 5) is 0. The lowest BCUT2D eigenvalue weighted by Crippen LogP contribution is -1.97. The molecule has 2 atom stereocenters. The molecule has 1 saturated heterocycles. The summed E-state index contributed by atoms with van der Waals surface area (Å²) in [6.45, 7) is 0. The minimum absolute atomic E-state index is 0.148. The molecule has 2 aromatic carbocycles. The summed E-state index contributed by atoms with van der Waals surface area (Å²) in [7, 11) is -2.52. The van der Waals surface area contributed by atoms with Crippen LogP contribution in [0.25, 0.3) is 0 Å². The van der Waals surface area contributed by atoms with Crippen molar-refractivity contribution in [2.24, 2.45) is 0 Å².